The number of unbranched alkanes of at least 4 members (excludes halogenated alkanes) is 1. The zero-order valence-corrected chi connectivity index (χ0v) is 18.5. The van der Waals surface area contributed by atoms with Gasteiger partial charge in [0.2, 0.25) is 0 Å². The van der Waals surface area contributed by atoms with E-state index >= 15 is 0 Å². The molecule has 1 fully saturated rings. The van der Waals surface area contributed by atoms with Crippen molar-refractivity contribution in [2.75, 3.05) is 13.6 Å². The summed E-state index contributed by atoms with van der Waals surface area (Å²) < 4.78 is 13.2. The molecule has 2 aliphatic heterocycles. The van der Waals surface area contributed by atoms with Crippen molar-refractivity contribution in [1.82, 2.24) is 4.90 Å². The lowest BCUT2D eigenvalue weighted by Gasteiger charge is -2.61. The third-order valence-electron chi connectivity index (χ3n) is 7.73. The Bertz CT molecular complexity index is 824. The number of ether oxygens (including phenoxy) is 1. The predicted octanol–water partition coefficient (Wildman–Crippen LogP) is 3.68. The second-order valence-corrected chi connectivity index (χ2v) is 11.4. The number of hydrogen-bond acceptors (Lipinski definition) is 4. The number of aliphatic hydroxyl groups is 1. The number of likely N-dealkylation sites (N-methyl/N-ethyl adjacent to an activating group) is 1. The van der Waals surface area contributed by atoms with Crippen LogP contribution in [0.1, 0.15) is 43.7 Å². The molecule has 28 heavy (non-hydrogen) atoms. The van der Waals surface area contributed by atoms with E-state index in [1.165, 1.54) is 11.1 Å². The zero-order valence-electron chi connectivity index (χ0n) is 17.5. The van der Waals surface area contributed by atoms with Crippen molar-refractivity contribution in [3.05, 3.63) is 35.4 Å². The first-order chi connectivity index (χ1) is 13.4. The monoisotopic (exact) mass is 398 g/mol. The van der Waals surface area contributed by atoms with Crippen molar-refractivity contribution in [2.45, 2.75) is 75.3 Å². The minimum absolute atomic E-state index is 0.135. The van der Waals surface area contributed by atoms with Crippen molar-refractivity contribution >= 4 is 9.04 Å². The van der Waals surface area contributed by atoms with E-state index in [1.54, 1.807) is 0 Å². The van der Waals surface area contributed by atoms with E-state index in [2.05, 4.69) is 50.2 Å². The standard InChI is InChI=1S/C23H32NO3Si/c1-5-6-11-23-19(25)10-8-16-17-14-15-7-9-18(27-28(3)4)21(26-23)20(15)22(16,23)12-13-24(17)2/h7-10,16-17,19,25H,5-6,11-14H2,1-4H3/t16-,17+,19-,22-,23-/m0/s1. The second-order valence-electron chi connectivity index (χ2n) is 9.36. The summed E-state index contributed by atoms with van der Waals surface area (Å²) in [5.74, 6) is 2.22. The maximum atomic E-state index is 11.3. The predicted molar refractivity (Wildman–Crippen MR) is 112 cm³/mol. The minimum atomic E-state index is -0.895. The van der Waals surface area contributed by atoms with E-state index in [4.69, 9.17) is 9.16 Å². The van der Waals surface area contributed by atoms with Crippen LogP contribution in [-0.4, -0.2) is 50.4 Å². The molecule has 1 aromatic rings. The normalized spacial score (nSPS) is 37.7. The van der Waals surface area contributed by atoms with Crippen LogP contribution in [0.5, 0.6) is 11.5 Å². The van der Waals surface area contributed by atoms with Crippen LogP contribution < -0.4 is 9.16 Å². The molecule has 0 unspecified atom stereocenters. The van der Waals surface area contributed by atoms with Gasteiger partial charge >= 0.3 is 0 Å². The maximum Gasteiger partial charge on any atom is 0.274 e. The van der Waals surface area contributed by atoms with Gasteiger partial charge < -0.3 is 19.2 Å². The van der Waals surface area contributed by atoms with E-state index in [-0.39, 0.29) is 5.41 Å². The Hall–Kier alpha value is -1.30. The number of aliphatic hydroxyl groups excluding tert-OH is 1. The van der Waals surface area contributed by atoms with Crippen LogP contribution in [0.4, 0.5) is 0 Å². The molecule has 2 heterocycles. The Morgan fingerprint density at radius 3 is 2.89 bits per heavy atom. The van der Waals surface area contributed by atoms with Gasteiger partial charge in [0.05, 0.1) is 5.41 Å². The van der Waals surface area contributed by atoms with Crippen molar-refractivity contribution in [3.8, 4) is 11.5 Å². The Morgan fingerprint density at radius 1 is 1.32 bits per heavy atom. The molecule has 1 N–H and O–H groups in total. The van der Waals surface area contributed by atoms with E-state index in [9.17, 15) is 5.11 Å². The topological polar surface area (TPSA) is 41.9 Å². The first-order valence-corrected chi connectivity index (χ1v) is 13.3. The van der Waals surface area contributed by atoms with Crippen molar-refractivity contribution in [3.63, 3.8) is 0 Å². The Labute approximate surface area is 170 Å². The average molecular weight is 399 g/mol. The summed E-state index contributed by atoms with van der Waals surface area (Å²) in [5, 5.41) is 11.3. The third kappa shape index (κ3) is 2.18. The molecule has 2 bridgehead atoms. The van der Waals surface area contributed by atoms with Crippen molar-refractivity contribution in [1.29, 1.82) is 0 Å². The van der Waals surface area contributed by atoms with Gasteiger partial charge in [0, 0.05) is 17.5 Å². The second kappa shape index (κ2) is 6.35. The van der Waals surface area contributed by atoms with Crippen LogP contribution >= 0.6 is 0 Å². The van der Waals surface area contributed by atoms with Crippen LogP contribution in [0.3, 0.4) is 0 Å². The van der Waals surface area contributed by atoms with Crippen LogP contribution in [0.25, 0.3) is 0 Å². The Morgan fingerprint density at radius 2 is 2.14 bits per heavy atom. The molecule has 5 atom stereocenters. The molecule has 0 saturated carbocycles. The van der Waals surface area contributed by atoms with Crippen LogP contribution in [0.2, 0.25) is 13.1 Å². The molecule has 5 rings (SSSR count). The van der Waals surface area contributed by atoms with Gasteiger partial charge in [-0.3, -0.25) is 0 Å². The fourth-order valence-corrected chi connectivity index (χ4v) is 7.19. The summed E-state index contributed by atoms with van der Waals surface area (Å²) in [5.41, 5.74) is 2.07. The van der Waals surface area contributed by atoms with E-state index in [1.807, 2.05) is 6.08 Å². The quantitative estimate of drug-likeness (QED) is 0.607. The summed E-state index contributed by atoms with van der Waals surface area (Å²) in [4.78, 5) is 2.52. The average Bonchev–Trinajstić information content (AvgIpc) is 2.97. The highest BCUT2D eigenvalue weighted by atomic mass is 28.3. The number of benzene rings is 1. The molecular weight excluding hydrogens is 366 g/mol. The van der Waals surface area contributed by atoms with E-state index in [0.717, 1.165) is 50.1 Å². The molecular formula is C23H32NO3Si. The highest BCUT2D eigenvalue weighted by Gasteiger charge is 2.71. The van der Waals surface area contributed by atoms with Gasteiger partial charge in [0.25, 0.3) is 9.04 Å². The summed E-state index contributed by atoms with van der Waals surface area (Å²) >= 11 is 0. The molecule has 0 amide bonds. The summed E-state index contributed by atoms with van der Waals surface area (Å²) in [7, 11) is 1.36. The first kappa shape index (κ1) is 18.7. The van der Waals surface area contributed by atoms with Gasteiger partial charge in [-0.2, -0.15) is 0 Å². The molecule has 4 aliphatic rings. The van der Waals surface area contributed by atoms with Gasteiger partial charge in [0.1, 0.15) is 17.5 Å². The third-order valence-corrected chi connectivity index (χ3v) is 8.35. The number of nitrogens with zero attached hydrogens (tertiary/aromatic N) is 1. The van der Waals surface area contributed by atoms with Crippen LogP contribution in [0.15, 0.2) is 24.3 Å². The highest BCUT2D eigenvalue weighted by Crippen LogP contribution is 2.67. The smallest absolute Gasteiger partial charge is 0.274 e. The summed E-state index contributed by atoms with van der Waals surface area (Å²) in [6, 6.07) is 4.86. The fourth-order valence-electron chi connectivity index (χ4n) is 6.59. The molecule has 0 aromatic heterocycles. The van der Waals surface area contributed by atoms with E-state index in [0.29, 0.717) is 12.0 Å². The molecule has 1 saturated heterocycles. The van der Waals surface area contributed by atoms with Crippen LogP contribution in [-0.2, 0) is 11.8 Å². The molecule has 151 valence electrons. The molecule has 5 heteroatoms. The molecule has 2 aliphatic carbocycles. The van der Waals surface area contributed by atoms with Crippen molar-refractivity contribution < 1.29 is 14.3 Å². The van der Waals surface area contributed by atoms with Gasteiger partial charge in [-0.25, -0.2) is 0 Å². The molecule has 1 aromatic carbocycles. The van der Waals surface area contributed by atoms with Crippen LogP contribution in [0, 0.1) is 5.92 Å². The lowest BCUT2D eigenvalue weighted by Crippen LogP contribution is -2.71. The minimum Gasteiger partial charge on any atom is -0.540 e. The Kier molecular flexibility index (Phi) is 4.24. The summed E-state index contributed by atoms with van der Waals surface area (Å²) in [6.07, 6.45) is 8.91. The molecule has 1 spiro atoms. The number of piperidine rings is 1. The van der Waals surface area contributed by atoms with E-state index < -0.39 is 20.7 Å². The van der Waals surface area contributed by atoms with Gasteiger partial charge in [-0.15, -0.1) is 0 Å². The number of rotatable bonds is 5. The lowest BCUT2D eigenvalue weighted by atomic mass is 9.48. The van der Waals surface area contributed by atoms with Gasteiger partial charge in [0.15, 0.2) is 5.75 Å². The van der Waals surface area contributed by atoms with Gasteiger partial charge in [-0.05, 0) is 64.0 Å². The SMILES string of the molecule is CCCC[C@@]12Oc3c(O[Si](C)C)ccc4c3[C@@]13CCN(C)[C@H](C4)[C@@H]3C=C[C@@H]2O. The molecule has 4 nitrogen and oxygen atoms in total. The zero-order chi connectivity index (χ0) is 19.7. The largest absolute Gasteiger partial charge is 0.540 e. The van der Waals surface area contributed by atoms with Gasteiger partial charge in [-0.1, -0.05) is 31.6 Å². The van der Waals surface area contributed by atoms with Crippen molar-refractivity contribution in [2.24, 2.45) is 5.92 Å². The Balaban J connectivity index is 1.77. The molecule has 1 radical (unpaired) electrons. The number of hydrogen-bond donors (Lipinski definition) is 1. The highest BCUT2D eigenvalue weighted by molar-refractivity contribution is 6.49. The fraction of sp³-hybridized carbons (Fsp3) is 0.652. The maximum absolute atomic E-state index is 11.3. The lowest BCUT2D eigenvalue weighted by molar-refractivity contribution is -0.126. The first-order valence-electron chi connectivity index (χ1n) is 10.8. The number of likely N-dealkylation sites (tertiary alicyclic amines) is 1. The summed E-state index contributed by atoms with van der Waals surface area (Å²) in [6.45, 7) is 7.60.